The summed E-state index contributed by atoms with van der Waals surface area (Å²) in [6, 6.07) is 10.8. The summed E-state index contributed by atoms with van der Waals surface area (Å²) < 4.78 is 5.11. The van der Waals surface area contributed by atoms with Crippen molar-refractivity contribution in [2.45, 2.75) is 70.8 Å². The van der Waals surface area contributed by atoms with Gasteiger partial charge in [0.25, 0.3) is 0 Å². The Bertz CT molecular complexity index is 413. The van der Waals surface area contributed by atoms with E-state index in [1.54, 1.807) is 0 Å². The Hall–Kier alpha value is -1.31. The van der Waals surface area contributed by atoms with Gasteiger partial charge in [0.2, 0.25) is 0 Å². The van der Waals surface area contributed by atoms with Gasteiger partial charge in [0.15, 0.2) is 0 Å². The minimum absolute atomic E-state index is 0.0154. The third kappa shape index (κ3) is 5.53. The summed E-state index contributed by atoms with van der Waals surface area (Å²) in [5.41, 5.74) is 1.46. The molecule has 2 rings (SSSR count). The predicted octanol–water partition coefficient (Wildman–Crippen LogP) is 4.91. The zero-order chi connectivity index (χ0) is 14.9. The zero-order valence-corrected chi connectivity index (χ0v) is 13.2. The van der Waals surface area contributed by atoms with Crippen molar-refractivity contribution >= 4 is 5.97 Å². The summed E-state index contributed by atoms with van der Waals surface area (Å²) in [6.45, 7) is 1.98. The van der Waals surface area contributed by atoms with Gasteiger partial charge in [-0.15, -0.1) is 0 Å². The molecule has 2 unspecified atom stereocenters. The molecule has 116 valence electrons. The van der Waals surface area contributed by atoms with Crippen LogP contribution >= 0.6 is 0 Å². The topological polar surface area (TPSA) is 26.3 Å². The lowest BCUT2D eigenvalue weighted by atomic mass is 9.94. The zero-order valence-electron chi connectivity index (χ0n) is 13.2. The average molecular weight is 288 g/mol. The van der Waals surface area contributed by atoms with Crippen LogP contribution in [0, 0.1) is 5.92 Å². The maximum Gasteiger partial charge on any atom is 0.312 e. The lowest BCUT2D eigenvalue weighted by Gasteiger charge is -2.32. The van der Waals surface area contributed by atoms with Crippen LogP contribution in [-0.4, -0.2) is 12.1 Å². The molecule has 1 aliphatic rings. The second-order valence-corrected chi connectivity index (χ2v) is 6.26. The molecule has 2 heteroatoms. The summed E-state index contributed by atoms with van der Waals surface area (Å²) in [6.07, 6.45) is 11.6. The van der Waals surface area contributed by atoms with E-state index in [-0.39, 0.29) is 18.0 Å². The van der Waals surface area contributed by atoms with E-state index in [0.29, 0.717) is 0 Å². The van der Waals surface area contributed by atoms with Crippen molar-refractivity contribution in [1.29, 1.82) is 0 Å². The number of benzene rings is 1. The van der Waals surface area contributed by atoms with E-state index in [1.807, 2.05) is 6.92 Å². The first kappa shape index (κ1) is 16.1. The highest BCUT2D eigenvalue weighted by atomic mass is 16.6. The maximum absolute atomic E-state index is 11.0. The highest BCUT2D eigenvalue weighted by Crippen LogP contribution is 2.26. The van der Waals surface area contributed by atoms with Gasteiger partial charge >= 0.3 is 5.97 Å². The molecule has 2 nitrogen and oxygen atoms in total. The monoisotopic (exact) mass is 288 g/mol. The summed E-state index contributed by atoms with van der Waals surface area (Å²) in [7, 11) is 0. The number of cyclic esters (lactones) is 1. The molecule has 1 aromatic rings. The molecule has 1 aromatic carbocycles. The van der Waals surface area contributed by atoms with Gasteiger partial charge < -0.3 is 4.74 Å². The number of carbonyl (C=O) groups is 1. The van der Waals surface area contributed by atoms with Gasteiger partial charge in [-0.25, -0.2) is 0 Å². The van der Waals surface area contributed by atoms with E-state index in [9.17, 15) is 4.79 Å². The second-order valence-electron chi connectivity index (χ2n) is 6.26. The van der Waals surface area contributed by atoms with E-state index in [4.69, 9.17) is 4.74 Å². The number of hydrogen-bond donors (Lipinski definition) is 0. The highest BCUT2D eigenvalue weighted by Gasteiger charge is 2.37. The van der Waals surface area contributed by atoms with Crippen LogP contribution in [0.3, 0.4) is 0 Å². The van der Waals surface area contributed by atoms with Crippen molar-refractivity contribution in [3.05, 3.63) is 35.9 Å². The molecule has 0 spiro atoms. The first-order valence-corrected chi connectivity index (χ1v) is 8.52. The Morgan fingerprint density at radius 1 is 0.905 bits per heavy atom. The quantitative estimate of drug-likeness (QED) is 0.451. The summed E-state index contributed by atoms with van der Waals surface area (Å²) in [5.74, 6) is 0.126. The van der Waals surface area contributed by atoms with Gasteiger partial charge in [0.1, 0.15) is 6.10 Å². The molecule has 1 aliphatic heterocycles. The van der Waals surface area contributed by atoms with Gasteiger partial charge in [0.05, 0.1) is 5.92 Å². The van der Waals surface area contributed by atoms with Gasteiger partial charge in [-0.1, -0.05) is 62.4 Å². The maximum atomic E-state index is 11.0. The molecular weight excluding hydrogens is 260 g/mol. The Morgan fingerprint density at radius 2 is 1.52 bits per heavy atom. The van der Waals surface area contributed by atoms with Gasteiger partial charge in [0, 0.05) is 0 Å². The molecule has 0 radical (unpaired) electrons. The van der Waals surface area contributed by atoms with Crippen molar-refractivity contribution in [2.75, 3.05) is 0 Å². The lowest BCUT2D eigenvalue weighted by Crippen LogP contribution is -2.42. The molecule has 1 fully saturated rings. The van der Waals surface area contributed by atoms with E-state index in [2.05, 4.69) is 30.3 Å². The summed E-state index contributed by atoms with van der Waals surface area (Å²) >= 11 is 0. The van der Waals surface area contributed by atoms with E-state index in [0.717, 1.165) is 6.42 Å². The smallest absolute Gasteiger partial charge is 0.312 e. The molecule has 21 heavy (non-hydrogen) atoms. The molecule has 0 N–H and O–H groups in total. The first-order chi connectivity index (χ1) is 10.3. The van der Waals surface area contributed by atoms with Crippen LogP contribution in [-0.2, 0) is 16.0 Å². The Labute approximate surface area is 128 Å². The molecule has 1 heterocycles. The van der Waals surface area contributed by atoms with Crippen molar-refractivity contribution in [1.82, 2.24) is 0 Å². The normalized spacial score (nSPS) is 20.9. The fraction of sp³-hybridized carbons (Fsp3) is 0.632. The van der Waals surface area contributed by atoms with Crippen LogP contribution in [0.4, 0.5) is 0 Å². The Kier molecular flexibility index (Phi) is 6.78. The fourth-order valence-corrected chi connectivity index (χ4v) is 2.95. The van der Waals surface area contributed by atoms with Crippen LogP contribution in [0.5, 0.6) is 0 Å². The molecule has 0 saturated carbocycles. The number of carbonyl (C=O) groups excluding carboxylic acids is 1. The molecule has 2 atom stereocenters. The van der Waals surface area contributed by atoms with E-state index >= 15 is 0 Å². The Morgan fingerprint density at radius 3 is 2.14 bits per heavy atom. The van der Waals surface area contributed by atoms with Gasteiger partial charge in [-0.05, 0) is 38.2 Å². The van der Waals surface area contributed by atoms with Crippen LogP contribution in [0.15, 0.2) is 30.3 Å². The van der Waals surface area contributed by atoms with Crippen molar-refractivity contribution < 1.29 is 9.53 Å². The minimum atomic E-state index is -0.0154. The lowest BCUT2D eigenvalue weighted by molar-refractivity contribution is -0.183. The van der Waals surface area contributed by atoms with E-state index in [1.165, 1.54) is 56.9 Å². The number of rotatable bonds is 10. The standard InChI is InChI=1S/C19H28O2/c1-16-18(21-19(16)20)15-11-6-4-2-3-5-8-12-17-13-9-7-10-14-17/h7,9-10,13-14,16,18H,2-6,8,11-12,15H2,1H3. The van der Waals surface area contributed by atoms with Crippen molar-refractivity contribution in [3.8, 4) is 0 Å². The average Bonchev–Trinajstić information content (AvgIpc) is 2.53. The largest absolute Gasteiger partial charge is 0.461 e. The molecule has 0 bridgehead atoms. The third-order valence-electron chi connectivity index (χ3n) is 4.49. The van der Waals surface area contributed by atoms with Crippen molar-refractivity contribution in [3.63, 3.8) is 0 Å². The molecule has 0 aliphatic carbocycles. The van der Waals surface area contributed by atoms with E-state index < -0.39 is 0 Å². The molecule has 1 saturated heterocycles. The van der Waals surface area contributed by atoms with Crippen molar-refractivity contribution in [2.24, 2.45) is 5.92 Å². The Balaban J connectivity index is 1.36. The number of hydrogen-bond acceptors (Lipinski definition) is 2. The molecule has 0 amide bonds. The van der Waals surface area contributed by atoms with Crippen LogP contribution < -0.4 is 0 Å². The number of esters is 1. The van der Waals surface area contributed by atoms with Crippen LogP contribution in [0.2, 0.25) is 0 Å². The minimum Gasteiger partial charge on any atom is -0.461 e. The second kappa shape index (κ2) is 8.86. The summed E-state index contributed by atoms with van der Waals surface area (Å²) in [4.78, 5) is 11.0. The first-order valence-electron chi connectivity index (χ1n) is 8.52. The summed E-state index contributed by atoms with van der Waals surface area (Å²) in [5, 5.41) is 0. The number of unbranched alkanes of at least 4 members (excludes halogenated alkanes) is 6. The molecule has 0 aromatic heterocycles. The van der Waals surface area contributed by atoms with Gasteiger partial charge in [-0.3, -0.25) is 4.79 Å². The number of aryl methyl sites for hydroxylation is 1. The van der Waals surface area contributed by atoms with Crippen LogP contribution in [0.25, 0.3) is 0 Å². The van der Waals surface area contributed by atoms with Gasteiger partial charge in [-0.2, -0.15) is 0 Å². The molecular formula is C19H28O2. The SMILES string of the molecule is CC1C(=O)OC1CCCCCCCCCc1ccccc1. The predicted molar refractivity (Wildman–Crippen MR) is 86.1 cm³/mol. The van der Waals surface area contributed by atoms with Crippen LogP contribution in [0.1, 0.15) is 63.9 Å². The number of ether oxygens (including phenoxy) is 1. The third-order valence-corrected chi connectivity index (χ3v) is 4.49. The highest BCUT2D eigenvalue weighted by molar-refractivity contribution is 5.77. The fourth-order valence-electron chi connectivity index (χ4n) is 2.95.